The molecule has 1 saturated heterocycles. The van der Waals surface area contributed by atoms with Crippen molar-refractivity contribution in [2.24, 2.45) is 0 Å². The highest BCUT2D eigenvalue weighted by Gasteiger charge is 2.45. The number of aliphatic hydroxyl groups is 2. The van der Waals surface area contributed by atoms with E-state index in [9.17, 15) is 29.2 Å². The second-order valence-electron chi connectivity index (χ2n) is 6.49. The molecule has 30 heavy (non-hydrogen) atoms. The molecule has 1 aliphatic heterocycles. The summed E-state index contributed by atoms with van der Waals surface area (Å²) in [7, 11) is -4.85. The van der Waals surface area contributed by atoms with Crippen LogP contribution in [0.1, 0.15) is 30.1 Å². The van der Waals surface area contributed by atoms with Crippen LogP contribution in [0.2, 0.25) is 0 Å². The topological polar surface area (TPSA) is 244 Å². The Kier molecular flexibility index (Phi) is 7.31. The Labute approximate surface area is 168 Å². The zero-order chi connectivity index (χ0) is 22.8. The first-order valence-electron chi connectivity index (χ1n) is 8.39. The summed E-state index contributed by atoms with van der Waals surface area (Å²) in [5.74, 6) is -3.27. The van der Waals surface area contributed by atoms with Crippen LogP contribution in [0.25, 0.3) is 0 Å². The lowest BCUT2D eigenvalue weighted by atomic mass is 10.1. The number of carbonyl (C=O) groups excluding carboxylic acids is 2. The van der Waals surface area contributed by atoms with Gasteiger partial charge in [0, 0.05) is 6.42 Å². The number of rotatable bonds is 9. The predicted molar refractivity (Wildman–Crippen MR) is 94.7 cm³/mol. The number of carbonyl (C=O) groups is 3. The fraction of sp³-hybridized carbons (Fsp3) is 0.571. The van der Waals surface area contributed by atoms with E-state index >= 15 is 0 Å². The van der Waals surface area contributed by atoms with Crippen LogP contribution < -0.4 is 11.1 Å². The number of aliphatic carboxylic acids is 1. The molecule has 1 amide bonds. The van der Waals surface area contributed by atoms with Crippen molar-refractivity contribution in [3.8, 4) is 0 Å². The maximum absolute atomic E-state index is 12.3. The lowest BCUT2D eigenvalue weighted by Crippen LogP contribution is -2.42. The number of nitrogens with two attached hydrogens (primary N) is 1. The first kappa shape index (κ1) is 23.9. The molecule has 2 heterocycles. The van der Waals surface area contributed by atoms with Gasteiger partial charge in [-0.2, -0.15) is 0 Å². The smallest absolute Gasteiger partial charge is 0.469 e. The number of anilines is 1. The summed E-state index contributed by atoms with van der Waals surface area (Å²) in [6.45, 7) is 0.411. The third kappa shape index (κ3) is 5.60. The van der Waals surface area contributed by atoms with Crippen LogP contribution in [0.15, 0.2) is 6.33 Å². The first-order valence-corrected chi connectivity index (χ1v) is 9.92. The number of nitrogens with zero attached hydrogens (tertiary/aromatic N) is 2. The fourth-order valence-electron chi connectivity index (χ4n) is 2.73. The molecule has 1 aliphatic rings. The van der Waals surface area contributed by atoms with E-state index in [4.69, 9.17) is 25.4 Å². The summed E-state index contributed by atoms with van der Waals surface area (Å²) >= 11 is 0. The summed E-state index contributed by atoms with van der Waals surface area (Å²) in [6, 6.07) is -1.51. The van der Waals surface area contributed by atoms with Crippen LogP contribution in [-0.4, -0.2) is 83.3 Å². The SMILES string of the molecule is CC(=O)C[C@@H](NC(=O)c1ncn([C@@H]2O[C@H](COP(=O)(O)O)[C@@H](O)[C@H]2O)c1N)C(=O)O. The third-order valence-electron chi connectivity index (χ3n) is 4.16. The van der Waals surface area contributed by atoms with Gasteiger partial charge in [-0.25, -0.2) is 14.3 Å². The van der Waals surface area contributed by atoms with Crippen molar-refractivity contribution in [3.63, 3.8) is 0 Å². The van der Waals surface area contributed by atoms with Crippen LogP contribution in [0.3, 0.4) is 0 Å². The van der Waals surface area contributed by atoms with Crippen molar-refractivity contribution in [1.82, 2.24) is 14.9 Å². The zero-order valence-electron chi connectivity index (χ0n) is 15.5. The van der Waals surface area contributed by atoms with E-state index < -0.39 is 74.8 Å². The second-order valence-corrected chi connectivity index (χ2v) is 7.73. The molecule has 168 valence electrons. The molecule has 0 aliphatic carbocycles. The average Bonchev–Trinajstić information content (AvgIpc) is 3.12. The van der Waals surface area contributed by atoms with Crippen molar-refractivity contribution in [3.05, 3.63) is 12.0 Å². The minimum atomic E-state index is -4.85. The van der Waals surface area contributed by atoms with Crippen molar-refractivity contribution < 1.29 is 53.3 Å². The molecule has 1 fully saturated rings. The van der Waals surface area contributed by atoms with E-state index in [1.807, 2.05) is 0 Å². The zero-order valence-corrected chi connectivity index (χ0v) is 16.4. The summed E-state index contributed by atoms with van der Waals surface area (Å²) in [4.78, 5) is 55.8. The number of carboxylic acid groups (broad SMARTS) is 1. The molecule has 1 aromatic heterocycles. The summed E-state index contributed by atoms with van der Waals surface area (Å²) < 4.78 is 21.3. The molecule has 8 N–H and O–H groups in total. The number of ketones is 1. The minimum Gasteiger partial charge on any atom is -0.480 e. The lowest BCUT2D eigenvalue weighted by Gasteiger charge is -2.18. The lowest BCUT2D eigenvalue weighted by molar-refractivity contribution is -0.140. The Morgan fingerprint density at radius 2 is 2.00 bits per heavy atom. The highest BCUT2D eigenvalue weighted by atomic mass is 31.2. The molecule has 0 aromatic carbocycles. The molecule has 5 atom stereocenters. The quantitative estimate of drug-likeness (QED) is 0.190. The maximum Gasteiger partial charge on any atom is 0.469 e. The van der Waals surface area contributed by atoms with Crippen LogP contribution in [0, 0.1) is 0 Å². The van der Waals surface area contributed by atoms with E-state index in [-0.39, 0.29) is 5.82 Å². The Hall–Kier alpha value is -2.39. The van der Waals surface area contributed by atoms with Gasteiger partial charge >= 0.3 is 13.8 Å². The summed E-state index contributed by atoms with van der Waals surface area (Å²) in [5, 5.41) is 31.3. The van der Waals surface area contributed by atoms with E-state index in [2.05, 4.69) is 14.8 Å². The minimum absolute atomic E-state index is 0.354. The first-order chi connectivity index (χ1) is 13.8. The van der Waals surface area contributed by atoms with Crippen molar-refractivity contribution in [2.75, 3.05) is 12.3 Å². The fourth-order valence-corrected chi connectivity index (χ4v) is 3.07. The number of aliphatic hydroxyl groups excluding tert-OH is 2. The molecule has 0 saturated carbocycles. The highest BCUT2D eigenvalue weighted by molar-refractivity contribution is 7.46. The maximum atomic E-state index is 12.3. The number of nitrogens with one attached hydrogen (secondary N) is 1. The number of ether oxygens (including phenoxy) is 1. The number of aromatic nitrogens is 2. The number of phosphoric acid groups is 1. The molecule has 0 radical (unpaired) electrons. The van der Waals surface area contributed by atoms with Crippen LogP contribution in [-0.2, 0) is 23.4 Å². The van der Waals surface area contributed by atoms with Crippen molar-refractivity contribution in [2.45, 2.75) is 43.9 Å². The van der Waals surface area contributed by atoms with Gasteiger partial charge in [0.05, 0.1) is 12.9 Å². The highest BCUT2D eigenvalue weighted by Crippen LogP contribution is 2.38. The Bertz CT molecular complexity index is 868. The van der Waals surface area contributed by atoms with Gasteiger partial charge in [-0.05, 0) is 6.92 Å². The summed E-state index contributed by atoms with van der Waals surface area (Å²) in [6.07, 6.45) is -5.41. The van der Waals surface area contributed by atoms with Gasteiger partial charge in [0.25, 0.3) is 5.91 Å². The number of carboxylic acids is 1. The van der Waals surface area contributed by atoms with Crippen LogP contribution in [0.5, 0.6) is 0 Å². The van der Waals surface area contributed by atoms with Gasteiger partial charge in [-0.15, -0.1) is 0 Å². The second kappa shape index (κ2) is 9.18. The number of Topliss-reactive ketones (excluding diaryl/α,β-unsaturated/α-hetero) is 1. The van der Waals surface area contributed by atoms with Gasteiger partial charge in [0.2, 0.25) is 0 Å². The third-order valence-corrected chi connectivity index (χ3v) is 4.65. The molecule has 0 bridgehead atoms. The summed E-state index contributed by atoms with van der Waals surface area (Å²) in [5.41, 5.74) is 5.40. The van der Waals surface area contributed by atoms with Gasteiger partial charge in [0.15, 0.2) is 11.9 Å². The average molecular weight is 452 g/mol. The molecule has 1 aromatic rings. The molecule has 0 spiro atoms. The van der Waals surface area contributed by atoms with Gasteiger partial charge < -0.3 is 40.9 Å². The Morgan fingerprint density at radius 1 is 1.37 bits per heavy atom. The monoisotopic (exact) mass is 452 g/mol. The standard InChI is InChI=1S/C14H21N4O11P/c1-5(19)2-6(14(23)24)17-12(22)8-11(15)18(4-16-8)13-10(21)9(20)7(29-13)3-28-30(25,26)27/h4,6-7,9-10,13,20-21H,2-3,15H2,1H3,(H,17,22)(H,23,24)(H2,25,26,27)/t6-,7-,9-,10-,13-/m1/s1. The van der Waals surface area contributed by atoms with E-state index in [1.165, 1.54) is 0 Å². The molecular weight excluding hydrogens is 431 g/mol. The predicted octanol–water partition coefficient (Wildman–Crippen LogP) is -2.64. The van der Waals surface area contributed by atoms with Crippen LogP contribution >= 0.6 is 7.82 Å². The molecule has 0 unspecified atom stereocenters. The largest absolute Gasteiger partial charge is 0.480 e. The molecule has 16 heteroatoms. The number of amides is 1. The number of imidazole rings is 1. The molecule has 15 nitrogen and oxygen atoms in total. The van der Waals surface area contributed by atoms with Crippen molar-refractivity contribution in [1.29, 1.82) is 0 Å². The van der Waals surface area contributed by atoms with Gasteiger partial charge in [0.1, 0.15) is 36.0 Å². The van der Waals surface area contributed by atoms with E-state index in [0.717, 1.165) is 17.8 Å². The van der Waals surface area contributed by atoms with Crippen molar-refractivity contribution >= 4 is 31.3 Å². The van der Waals surface area contributed by atoms with Crippen LogP contribution in [0.4, 0.5) is 5.82 Å². The van der Waals surface area contributed by atoms with Gasteiger partial charge in [-0.1, -0.05) is 0 Å². The number of nitrogen functional groups attached to an aromatic ring is 1. The number of phosphoric ester groups is 1. The molecular formula is C14H21N4O11P. The number of hydrogen-bond acceptors (Lipinski definition) is 10. The van der Waals surface area contributed by atoms with E-state index in [0.29, 0.717) is 0 Å². The van der Waals surface area contributed by atoms with Gasteiger partial charge in [-0.3, -0.25) is 18.7 Å². The Morgan fingerprint density at radius 3 is 2.53 bits per heavy atom. The normalized spacial score (nSPS) is 25.1. The van der Waals surface area contributed by atoms with E-state index in [1.54, 1.807) is 0 Å². The number of hydrogen-bond donors (Lipinski definition) is 7. The Balaban J connectivity index is 2.16. The molecule has 2 rings (SSSR count).